The van der Waals surface area contributed by atoms with Crippen molar-refractivity contribution in [3.63, 3.8) is 0 Å². The summed E-state index contributed by atoms with van der Waals surface area (Å²) in [7, 11) is 0. The molecule has 0 spiro atoms. The molecule has 4 nitrogen and oxygen atoms in total. The van der Waals surface area contributed by atoms with Crippen molar-refractivity contribution in [3.8, 4) is 5.69 Å². The summed E-state index contributed by atoms with van der Waals surface area (Å²) in [5.41, 5.74) is 3.24. The third-order valence-corrected chi connectivity index (χ3v) is 4.84. The molecule has 0 bridgehead atoms. The van der Waals surface area contributed by atoms with Gasteiger partial charge in [0, 0.05) is 29.6 Å². The lowest BCUT2D eigenvalue weighted by Crippen LogP contribution is -2.24. The Hall–Kier alpha value is -2.24. The number of aromatic nitrogens is 2. The van der Waals surface area contributed by atoms with Gasteiger partial charge in [-0.25, -0.2) is 4.98 Å². The summed E-state index contributed by atoms with van der Waals surface area (Å²) in [6.45, 7) is 2.54. The Balaban J connectivity index is 1.56. The summed E-state index contributed by atoms with van der Waals surface area (Å²) in [5, 5.41) is 4.40. The van der Waals surface area contributed by atoms with Crippen LogP contribution in [0.2, 0.25) is 5.02 Å². The minimum Gasteiger partial charge on any atom is -0.351 e. The molecule has 6 heteroatoms. The number of benzene rings is 2. The van der Waals surface area contributed by atoms with Crippen LogP contribution in [-0.2, 0) is 11.3 Å². The normalized spacial score (nSPS) is 10.6. The van der Waals surface area contributed by atoms with Gasteiger partial charge in [0.25, 0.3) is 0 Å². The van der Waals surface area contributed by atoms with Crippen LogP contribution in [0.15, 0.2) is 66.1 Å². The minimum atomic E-state index is -0.0289. The molecule has 0 radical (unpaired) electrons. The van der Waals surface area contributed by atoms with E-state index < -0.39 is 0 Å². The smallest absolute Gasteiger partial charge is 0.230 e. The number of nitrogens with one attached hydrogen (secondary N) is 1. The van der Waals surface area contributed by atoms with Crippen LogP contribution in [0.4, 0.5) is 0 Å². The quantitative estimate of drug-likeness (QED) is 0.659. The number of carbonyl (C=O) groups excluding carboxylic acids is 1. The van der Waals surface area contributed by atoms with Gasteiger partial charge in [0.1, 0.15) is 0 Å². The predicted octanol–water partition coefficient (Wildman–Crippen LogP) is 4.24. The first-order chi connectivity index (χ1) is 12.1. The molecule has 0 saturated heterocycles. The van der Waals surface area contributed by atoms with Crippen LogP contribution in [0.5, 0.6) is 0 Å². The predicted molar refractivity (Wildman–Crippen MR) is 102 cm³/mol. The average molecular weight is 372 g/mol. The lowest BCUT2D eigenvalue weighted by molar-refractivity contribution is -0.118. The van der Waals surface area contributed by atoms with Crippen LogP contribution < -0.4 is 5.32 Å². The van der Waals surface area contributed by atoms with E-state index in [4.69, 9.17) is 11.6 Å². The Labute approximate surface area is 156 Å². The molecule has 25 heavy (non-hydrogen) atoms. The maximum absolute atomic E-state index is 12.1. The Bertz CT molecular complexity index is 861. The van der Waals surface area contributed by atoms with Gasteiger partial charge in [-0.3, -0.25) is 9.36 Å². The van der Waals surface area contributed by atoms with Crippen LogP contribution in [0.25, 0.3) is 5.69 Å². The minimum absolute atomic E-state index is 0.0289. The number of aryl methyl sites for hydroxylation is 1. The number of carbonyl (C=O) groups is 1. The molecule has 0 atom stereocenters. The SMILES string of the molecule is Cc1cccc(-n2ccnc2SCC(=O)NCc2ccc(Cl)cc2)c1. The molecular formula is C19H18ClN3OS. The van der Waals surface area contributed by atoms with Crippen LogP contribution in [-0.4, -0.2) is 21.2 Å². The fourth-order valence-electron chi connectivity index (χ4n) is 2.35. The number of halogens is 1. The van der Waals surface area contributed by atoms with E-state index in [1.54, 1.807) is 6.20 Å². The van der Waals surface area contributed by atoms with Gasteiger partial charge in [-0.15, -0.1) is 0 Å². The largest absolute Gasteiger partial charge is 0.351 e. The van der Waals surface area contributed by atoms with Crippen LogP contribution >= 0.6 is 23.4 Å². The molecule has 0 saturated carbocycles. The lowest BCUT2D eigenvalue weighted by atomic mass is 10.2. The zero-order valence-electron chi connectivity index (χ0n) is 13.8. The number of amides is 1. The van der Waals surface area contributed by atoms with E-state index in [-0.39, 0.29) is 5.91 Å². The van der Waals surface area contributed by atoms with E-state index in [2.05, 4.69) is 29.4 Å². The van der Waals surface area contributed by atoms with Crippen molar-refractivity contribution in [2.75, 3.05) is 5.75 Å². The van der Waals surface area contributed by atoms with E-state index >= 15 is 0 Å². The van der Waals surface area contributed by atoms with Crippen molar-refractivity contribution in [2.45, 2.75) is 18.6 Å². The number of hydrogen-bond acceptors (Lipinski definition) is 3. The fourth-order valence-corrected chi connectivity index (χ4v) is 3.28. The monoisotopic (exact) mass is 371 g/mol. The molecule has 2 aromatic carbocycles. The zero-order chi connectivity index (χ0) is 17.6. The molecule has 128 valence electrons. The van der Waals surface area contributed by atoms with Gasteiger partial charge in [-0.05, 0) is 42.3 Å². The van der Waals surface area contributed by atoms with Gasteiger partial charge in [-0.1, -0.05) is 47.6 Å². The Morgan fingerprint density at radius 3 is 2.80 bits per heavy atom. The molecule has 0 aliphatic carbocycles. The lowest BCUT2D eigenvalue weighted by Gasteiger charge is -2.09. The zero-order valence-corrected chi connectivity index (χ0v) is 15.3. The molecular weight excluding hydrogens is 354 g/mol. The third-order valence-electron chi connectivity index (χ3n) is 3.62. The Kier molecular flexibility index (Phi) is 5.79. The Morgan fingerprint density at radius 1 is 1.24 bits per heavy atom. The molecule has 0 unspecified atom stereocenters. The van der Waals surface area contributed by atoms with E-state index in [1.165, 1.54) is 17.3 Å². The van der Waals surface area contributed by atoms with Crippen LogP contribution in [0, 0.1) is 6.92 Å². The van der Waals surface area contributed by atoms with Gasteiger partial charge in [-0.2, -0.15) is 0 Å². The summed E-state index contributed by atoms with van der Waals surface area (Å²) in [5.74, 6) is 0.287. The number of nitrogens with zero attached hydrogens (tertiary/aromatic N) is 2. The van der Waals surface area contributed by atoms with Crippen molar-refractivity contribution in [2.24, 2.45) is 0 Å². The molecule has 1 heterocycles. The Morgan fingerprint density at radius 2 is 2.04 bits per heavy atom. The van der Waals surface area contributed by atoms with E-state index in [9.17, 15) is 4.79 Å². The van der Waals surface area contributed by atoms with Crippen molar-refractivity contribution < 1.29 is 4.79 Å². The van der Waals surface area contributed by atoms with Gasteiger partial charge in [0.2, 0.25) is 5.91 Å². The number of hydrogen-bond donors (Lipinski definition) is 1. The van der Waals surface area contributed by atoms with Crippen molar-refractivity contribution in [3.05, 3.63) is 77.1 Å². The van der Waals surface area contributed by atoms with E-state index in [0.29, 0.717) is 17.3 Å². The van der Waals surface area contributed by atoms with Gasteiger partial charge >= 0.3 is 0 Å². The first kappa shape index (κ1) is 17.6. The second-order valence-corrected chi connectivity index (χ2v) is 6.99. The molecule has 1 amide bonds. The maximum atomic E-state index is 12.1. The molecule has 1 N–H and O–H groups in total. The molecule has 3 aromatic rings. The second-order valence-electron chi connectivity index (χ2n) is 5.61. The van der Waals surface area contributed by atoms with Crippen LogP contribution in [0.1, 0.15) is 11.1 Å². The molecule has 0 aliphatic rings. The van der Waals surface area contributed by atoms with Gasteiger partial charge in [0.15, 0.2) is 5.16 Å². The van der Waals surface area contributed by atoms with Gasteiger partial charge in [0.05, 0.1) is 5.75 Å². The highest BCUT2D eigenvalue weighted by Crippen LogP contribution is 2.21. The molecule has 0 aliphatic heterocycles. The van der Waals surface area contributed by atoms with Crippen molar-refractivity contribution in [1.29, 1.82) is 0 Å². The van der Waals surface area contributed by atoms with Crippen molar-refractivity contribution >= 4 is 29.3 Å². The maximum Gasteiger partial charge on any atom is 0.230 e. The highest BCUT2D eigenvalue weighted by atomic mass is 35.5. The summed E-state index contributed by atoms with van der Waals surface area (Å²) >= 11 is 7.28. The molecule has 0 fully saturated rings. The third kappa shape index (κ3) is 4.87. The summed E-state index contributed by atoms with van der Waals surface area (Å²) in [6, 6.07) is 15.6. The highest BCUT2D eigenvalue weighted by molar-refractivity contribution is 7.99. The van der Waals surface area contributed by atoms with Crippen LogP contribution in [0.3, 0.4) is 0 Å². The van der Waals surface area contributed by atoms with E-state index in [1.807, 2.05) is 47.2 Å². The standard InChI is InChI=1S/C19H18ClN3OS/c1-14-3-2-4-17(11-14)23-10-9-21-19(23)25-13-18(24)22-12-15-5-7-16(20)8-6-15/h2-11H,12-13H2,1H3,(H,22,24). The van der Waals surface area contributed by atoms with Crippen molar-refractivity contribution in [1.82, 2.24) is 14.9 Å². The number of thioether (sulfide) groups is 1. The molecule has 1 aromatic heterocycles. The average Bonchev–Trinajstić information content (AvgIpc) is 3.08. The van der Waals surface area contributed by atoms with E-state index in [0.717, 1.165) is 16.4 Å². The first-order valence-corrected chi connectivity index (χ1v) is 9.22. The first-order valence-electron chi connectivity index (χ1n) is 7.86. The highest BCUT2D eigenvalue weighted by Gasteiger charge is 2.09. The second kappa shape index (κ2) is 8.23. The summed E-state index contributed by atoms with van der Waals surface area (Å²) < 4.78 is 1.99. The number of imidazole rings is 1. The number of rotatable bonds is 6. The fraction of sp³-hybridized carbons (Fsp3) is 0.158. The van der Waals surface area contributed by atoms with Gasteiger partial charge < -0.3 is 5.32 Å². The molecule has 3 rings (SSSR count). The summed E-state index contributed by atoms with van der Waals surface area (Å²) in [6.07, 6.45) is 3.65. The topological polar surface area (TPSA) is 46.9 Å². The summed E-state index contributed by atoms with van der Waals surface area (Å²) in [4.78, 5) is 16.4.